The summed E-state index contributed by atoms with van der Waals surface area (Å²) < 4.78 is 31.2. The molecular weight excluding hydrogens is 410 g/mol. The van der Waals surface area contributed by atoms with Crippen molar-refractivity contribution in [3.63, 3.8) is 0 Å². The fourth-order valence-corrected chi connectivity index (χ4v) is 4.17. The molecule has 10 heteroatoms. The third-order valence-electron chi connectivity index (χ3n) is 4.64. The molecule has 0 spiro atoms. The molecule has 158 valence electrons. The topological polar surface area (TPSA) is 122 Å². The highest BCUT2D eigenvalue weighted by atomic mass is 32.2. The summed E-state index contributed by atoms with van der Waals surface area (Å²) in [5, 5.41) is 5.29. The van der Waals surface area contributed by atoms with E-state index in [2.05, 4.69) is 15.4 Å². The number of aryl methyl sites for hydroxylation is 1. The highest BCUT2D eigenvalue weighted by Crippen LogP contribution is 2.26. The van der Waals surface area contributed by atoms with Crippen LogP contribution in [0.4, 0.5) is 11.4 Å². The molecule has 2 aromatic carbocycles. The molecule has 0 radical (unpaired) electrons. The number of methoxy groups -OCH3 is 1. The van der Waals surface area contributed by atoms with E-state index in [0.29, 0.717) is 29.8 Å². The van der Waals surface area contributed by atoms with Gasteiger partial charge in [-0.3, -0.25) is 9.59 Å². The second-order valence-electron chi connectivity index (χ2n) is 6.75. The summed E-state index contributed by atoms with van der Waals surface area (Å²) in [6, 6.07) is 10.5. The Hall–Kier alpha value is -3.24. The SMILES string of the molecule is COC(=O)c1ccc(NC(=O)CN(C)S(=O)(=O)c2ccc3c(c2)CCC(=O)N3)cc1. The Labute approximate surface area is 174 Å². The minimum absolute atomic E-state index is 0.0510. The Morgan fingerprint density at radius 2 is 1.83 bits per heavy atom. The van der Waals surface area contributed by atoms with E-state index >= 15 is 0 Å². The summed E-state index contributed by atoms with van der Waals surface area (Å²) in [4.78, 5) is 35.2. The minimum atomic E-state index is -3.90. The van der Waals surface area contributed by atoms with Crippen molar-refractivity contribution in [1.29, 1.82) is 0 Å². The first-order valence-electron chi connectivity index (χ1n) is 9.08. The monoisotopic (exact) mass is 431 g/mol. The smallest absolute Gasteiger partial charge is 0.337 e. The van der Waals surface area contributed by atoms with Crippen molar-refractivity contribution >= 4 is 39.2 Å². The third-order valence-corrected chi connectivity index (χ3v) is 6.44. The number of amides is 2. The first-order valence-corrected chi connectivity index (χ1v) is 10.5. The summed E-state index contributed by atoms with van der Waals surface area (Å²) in [5.41, 5.74) is 2.09. The molecule has 0 bridgehead atoms. The lowest BCUT2D eigenvalue weighted by Crippen LogP contribution is -2.35. The minimum Gasteiger partial charge on any atom is -0.465 e. The molecule has 0 atom stereocenters. The largest absolute Gasteiger partial charge is 0.465 e. The summed E-state index contributed by atoms with van der Waals surface area (Å²) in [6.07, 6.45) is 0.750. The molecule has 30 heavy (non-hydrogen) atoms. The van der Waals surface area contributed by atoms with Crippen LogP contribution in [0.3, 0.4) is 0 Å². The number of esters is 1. The van der Waals surface area contributed by atoms with E-state index in [1.807, 2.05) is 0 Å². The van der Waals surface area contributed by atoms with Gasteiger partial charge in [-0.15, -0.1) is 0 Å². The van der Waals surface area contributed by atoms with Crippen LogP contribution < -0.4 is 10.6 Å². The van der Waals surface area contributed by atoms with Crippen LogP contribution in [-0.4, -0.2) is 51.2 Å². The van der Waals surface area contributed by atoms with Gasteiger partial charge in [0.25, 0.3) is 0 Å². The number of ether oxygens (including phenoxy) is 1. The average molecular weight is 431 g/mol. The van der Waals surface area contributed by atoms with Gasteiger partial charge in [0.2, 0.25) is 21.8 Å². The predicted octanol–water partition coefficient (Wildman–Crippen LogP) is 1.62. The number of nitrogens with zero attached hydrogens (tertiary/aromatic N) is 1. The molecule has 0 aliphatic carbocycles. The van der Waals surface area contributed by atoms with Gasteiger partial charge in [0.15, 0.2) is 0 Å². The molecule has 1 heterocycles. The Morgan fingerprint density at radius 3 is 2.50 bits per heavy atom. The lowest BCUT2D eigenvalue weighted by molar-refractivity contribution is -0.117. The van der Waals surface area contributed by atoms with Gasteiger partial charge in [0, 0.05) is 24.8 Å². The highest BCUT2D eigenvalue weighted by Gasteiger charge is 2.25. The van der Waals surface area contributed by atoms with Gasteiger partial charge in [-0.2, -0.15) is 4.31 Å². The van der Waals surface area contributed by atoms with Crippen molar-refractivity contribution in [3.05, 3.63) is 53.6 Å². The van der Waals surface area contributed by atoms with Crippen molar-refractivity contribution < 1.29 is 27.5 Å². The molecule has 2 N–H and O–H groups in total. The van der Waals surface area contributed by atoms with Gasteiger partial charge in [-0.05, 0) is 54.4 Å². The number of fused-ring (bicyclic) bond motifs is 1. The maximum absolute atomic E-state index is 12.8. The van der Waals surface area contributed by atoms with E-state index < -0.39 is 28.4 Å². The fraction of sp³-hybridized carbons (Fsp3) is 0.250. The molecule has 0 saturated carbocycles. The van der Waals surface area contributed by atoms with Crippen LogP contribution in [0.2, 0.25) is 0 Å². The van der Waals surface area contributed by atoms with Gasteiger partial charge in [-0.1, -0.05) is 0 Å². The summed E-state index contributed by atoms with van der Waals surface area (Å²) in [6.45, 7) is -0.394. The van der Waals surface area contributed by atoms with Crippen LogP contribution in [-0.2, 0) is 30.8 Å². The molecule has 0 aromatic heterocycles. The molecule has 0 saturated heterocycles. The van der Waals surface area contributed by atoms with Crippen molar-refractivity contribution in [2.24, 2.45) is 0 Å². The molecular formula is C20H21N3O6S. The van der Waals surface area contributed by atoms with E-state index in [0.717, 1.165) is 9.87 Å². The molecule has 1 aliphatic rings. The van der Waals surface area contributed by atoms with Crippen molar-refractivity contribution in [1.82, 2.24) is 4.31 Å². The normalized spacial score (nSPS) is 13.4. The molecule has 2 aromatic rings. The van der Waals surface area contributed by atoms with Gasteiger partial charge < -0.3 is 15.4 Å². The second kappa shape index (κ2) is 8.64. The average Bonchev–Trinajstić information content (AvgIpc) is 2.73. The molecule has 0 fully saturated rings. The number of rotatable bonds is 6. The van der Waals surface area contributed by atoms with Gasteiger partial charge in [0.1, 0.15) is 0 Å². The number of benzene rings is 2. The summed E-state index contributed by atoms with van der Waals surface area (Å²) in [7, 11) is -1.31. The highest BCUT2D eigenvalue weighted by molar-refractivity contribution is 7.89. The zero-order valence-corrected chi connectivity index (χ0v) is 17.3. The summed E-state index contributed by atoms with van der Waals surface area (Å²) >= 11 is 0. The molecule has 3 rings (SSSR count). The van der Waals surface area contributed by atoms with Crippen LogP contribution in [0.25, 0.3) is 0 Å². The number of carbonyl (C=O) groups is 3. The number of carbonyl (C=O) groups excluding carboxylic acids is 3. The number of likely N-dealkylation sites (N-methyl/N-ethyl adjacent to an activating group) is 1. The number of sulfonamides is 1. The Balaban J connectivity index is 1.67. The van der Waals surface area contributed by atoms with Gasteiger partial charge in [-0.25, -0.2) is 13.2 Å². The number of hydrogen-bond donors (Lipinski definition) is 2. The fourth-order valence-electron chi connectivity index (χ4n) is 3.00. The van der Waals surface area contributed by atoms with Gasteiger partial charge in [0.05, 0.1) is 24.1 Å². The maximum Gasteiger partial charge on any atom is 0.337 e. The maximum atomic E-state index is 12.8. The Morgan fingerprint density at radius 1 is 1.13 bits per heavy atom. The second-order valence-corrected chi connectivity index (χ2v) is 8.79. The molecule has 2 amide bonds. The van der Waals surface area contributed by atoms with E-state index in [9.17, 15) is 22.8 Å². The standard InChI is InChI=1S/C20H21N3O6S/c1-23(12-19(25)21-15-6-3-13(4-7-15)20(26)29-2)30(27,28)16-8-9-17-14(11-16)5-10-18(24)22-17/h3-4,6-9,11H,5,10,12H2,1-2H3,(H,21,25)(H,22,24). The van der Waals surface area contributed by atoms with Crippen molar-refractivity contribution in [3.8, 4) is 0 Å². The Kier molecular flexibility index (Phi) is 6.18. The quantitative estimate of drug-likeness (QED) is 0.670. The molecule has 1 aliphatic heterocycles. The lowest BCUT2D eigenvalue weighted by atomic mass is 10.0. The van der Waals surface area contributed by atoms with Crippen LogP contribution in [0.5, 0.6) is 0 Å². The Bertz CT molecular complexity index is 1100. The van der Waals surface area contributed by atoms with Crippen LogP contribution in [0.15, 0.2) is 47.4 Å². The van der Waals surface area contributed by atoms with Crippen LogP contribution in [0.1, 0.15) is 22.3 Å². The first-order chi connectivity index (χ1) is 14.2. The first kappa shape index (κ1) is 21.5. The zero-order valence-electron chi connectivity index (χ0n) is 16.5. The molecule has 9 nitrogen and oxygen atoms in total. The van der Waals surface area contributed by atoms with Crippen molar-refractivity contribution in [2.75, 3.05) is 31.3 Å². The number of nitrogens with one attached hydrogen (secondary N) is 2. The lowest BCUT2D eigenvalue weighted by Gasteiger charge is -2.20. The van der Waals surface area contributed by atoms with Gasteiger partial charge >= 0.3 is 5.97 Å². The number of anilines is 2. The van der Waals surface area contributed by atoms with Crippen LogP contribution >= 0.6 is 0 Å². The zero-order chi connectivity index (χ0) is 21.9. The third kappa shape index (κ3) is 4.66. The van der Waals surface area contributed by atoms with Crippen LogP contribution in [0, 0.1) is 0 Å². The van der Waals surface area contributed by atoms with E-state index in [1.165, 1.54) is 50.6 Å². The van der Waals surface area contributed by atoms with E-state index in [-0.39, 0.29) is 10.8 Å². The van der Waals surface area contributed by atoms with Crippen molar-refractivity contribution in [2.45, 2.75) is 17.7 Å². The van der Waals surface area contributed by atoms with E-state index in [1.54, 1.807) is 6.07 Å². The van der Waals surface area contributed by atoms with E-state index in [4.69, 9.17) is 0 Å². The number of hydrogen-bond acceptors (Lipinski definition) is 6. The summed E-state index contributed by atoms with van der Waals surface area (Å²) in [5.74, 6) is -1.13. The predicted molar refractivity (Wildman–Crippen MR) is 110 cm³/mol. The molecule has 0 unspecified atom stereocenters.